The summed E-state index contributed by atoms with van der Waals surface area (Å²) < 4.78 is 29.9. The SMILES string of the molecule is CNC(=O)c1cccc(N(NC(=O)c2cc(C)cc(-c3cc(CNC(=O)OC(C)(C)C)ccn3)c2)[SH](=O)=O)c1. The molecule has 0 saturated heterocycles. The molecule has 39 heavy (non-hydrogen) atoms. The lowest BCUT2D eigenvalue weighted by atomic mass is 10.0. The van der Waals surface area contributed by atoms with Crippen molar-refractivity contribution in [3.05, 3.63) is 83.0 Å². The van der Waals surface area contributed by atoms with Crippen LogP contribution in [0.1, 0.15) is 52.6 Å². The van der Waals surface area contributed by atoms with Gasteiger partial charge in [0, 0.05) is 36.5 Å². The Morgan fingerprint density at radius 2 is 1.72 bits per heavy atom. The van der Waals surface area contributed by atoms with Crippen LogP contribution in [0.25, 0.3) is 11.3 Å². The van der Waals surface area contributed by atoms with Crippen LogP contribution >= 0.6 is 0 Å². The van der Waals surface area contributed by atoms with Crippen molar-refractivity contribution in [1.29, 1.82) is 0 Å². The minimum Gasteiger partial charge on any atom is -0.444 e. The third-order valence-electron chi connectivity index (χ3n) is 5.25. The maximum atomic E-state index is 13.1. The molecule has 3 amide bonds. The van der Waals surface area contributed by atoms with Crippen molar-refractivity contribution in [3.8, 4) is 11.3 Å². The molecule has 0 saturated carbocycles. The summed E-state index contributed by atoms with van der Waals surface area (Å²) in [6.45, 7) is 7.34. The number of nitrogens with one attached hydrogen (secondary N) is 3. The zero-order valence-corrected chi connectivity index (χ0v) is 23.2. The molecule has 3 rings (SSSR count). The van der Waals surface area contributed by atoms with Crippen molar-refractivity contribution in [3.63, 3.8) is 0 Å². The van der Waals surface area contributed by atoms with Gasteiger partial charge in [-0.3, -0.25) is 14.6 Å². The molecule has 0 spiro atoms. The molecule has 206 valence electrons. The number of carbonyl (C=O) groups is 3. The lowest BCUT2D eigenvalue weighted by Gasteiger charge is -2.20. The summed E-state index contributed by atoms with van der Waals surface area (Å²) in [5, 5.41) is 5.17. The van der Waals surface area contributed by atoms with Crippen LogP contribution < -0.4 is 20.5 Å². The van der Waals surface area contributed by atoms with E-state index >= 15 is 0 Å². The number of benzene rings is 2. The van der Waals surface area contributed by atoms with E-state index in [-0.39, 0.29) is 23.4 Å². The monoisotopic (exact) mass is 553 g/mol. The Morgan fingerprint density at radius 3 is 2.38 bits per heavy atom. The quantitative estimate of drug-likeness (QED) is 0.248. The summed E-state index contributed by atoms with van der Waals surface area (Å²) in [5.74, 6) is -1.07. The van der Waals surface area contributed by atoms with E-state index in [4.69, 9.17) is 4.74 Å². The van der Waals surface area contributed by atoms with Gasteiger partial charge in [-0.1, -0.05) is 6.07 Å². The number of carbonyl (C=O) groups excluding carboxylic acids is 3. The number of amides is 3. The molecular formula is C27H31N5O6S. The summed E-state index contributed by atoms with van der Waals surface area (Å²) in [5.41, 5.74) is 5.00. The molecule has 3 aromatic rings. The minimum atomic E-state index is -3.27. The number of rotatable bonds is 8. The van der Waals surface area contributed by atoms with Crippen molar-refractivity contribution in [2.75, 3.05) is 11.5 Å². The third-order valence-corrected chi connectivity index (χ3v) is 5.90. The molecule has 11 nitrogen and oxygen atoms in total. The van der Waals surface area contributed by atoms with Gasteiger partial charge in [-0.15, -0.1) is 0 Å². The van der Waals surface area contributed by atoms with Crippen LogP contribution in [0.4, 0.5) is 10.5 Å². The van der Waals surface area contributed by atoms with Crippen LogP contribution in [0.3, 0.4) is 0 Å². The Hall–Kier alpha value is -4.45. The number of hydrogen-bond donors (Lipinski definition) is 4. The standard InChI is InChI=1S/C27H31N5O6S/c1-17-11-20(23-13-18(9-10-29-23)16-30-26(35)38-27(2,3)4)14-21(12-17)25(34)31-32(39(36)37)22-8-6-7-19(15-22)24(33)28-5/h6-15,39H,16H2,1-5H3,(H,28,33)(H,30,35)(H,31,34). The van der Waals surface area contributed by atoms with Crippen molar-refractivity contribution in [1.82, 2.24) is 21.0 Å². The molecule has 12 heteroatoms. The van der Waals surface area contributed by atoms with Crippen LogP contribution in [0.15, 0.2) is 60.8 Å². The zero-order valence-electron chi connectivity index (χ0n) is 22.3. The Bertz CT molecular complexity index is 1460. The molecule has 1 aromatic heterocycles. The van der Waals surface area contributed by atoms with Gasteiger partial charge in [-0.2, -0.15) is 4.41 Å². The van der Waals surface area contributed by atoms with Gasteiger partial charge in [0.25, 0.3) is 11.8 Å². The fraction of sp³-hybridized carbons (Fsp3) is 0.259. The molecule has 0 aliphatic carbocycles. The second-order valence-electron chi connectivity index (χ2n) is 9.61. The number of hydrogen-bond acceptors (Lipinski definition) is 7. The van der Waals surface area contributed by atoms with Crippen molar-refractivity contribution >= 4 is 34.5 Å². The molecule has 0 unspecified atom stereocenters. The first-order chi connectivity index (χ1) is 18.4. The number of aromatic nitrogens is 1. The van der Waals surface area contributed by atoms with Crippen LogP contribution in [0.2, 0.25) is 0 Å². The fourth-order valence-corrected chi connectivity index (χ4v) is 4.06. The molecule has 0 aliphatic heterocycles. The highest BCUT2D eigenvalue weighted by atomic mass is 32.2. The highest BCUT2D eigenvalue weighted by Gasteiger charge is 2.18. The molecule has 3 N–H and O–H groups in total. The lowest BCUT2D eigenvalue weighted by molar-refractivity contribution is 0.0523. The van der Waals surface area contributed by atoms with Gasteiger partial charge in [0.15, 0.2) is 0 Å². The lowest BCUT2D eigenvalue weighted by Crippen LogP contribution is -2.41. The molecule has 2 aromatic carbocycles. The number of hydrazine groups is 1. The Kier molecular flexibility index (Phi) is 9.25. The van der Waals surface area contributed by atoms with Crippen LogP contribution in [0, 0.1) is 6.92 Å². The molecule has 0 bridgehead atoms. The molecule has 0 fully saturated rings. The van der Waals surface area contributed by atoms with Gasteiger partial charge in [-0.05, 0) is 87.4 Å². The number of pyridine rings is 1. The Morgan fingerprint density at radius 1 is 0.974 bits per heavy atom. The molecule has 0 atom stereocenters. The van der Waals surface area contributed by atoms with Gasteiger partial charge in [-0.25, -0.2) is 18.6 Å². The summed E-state index contributed by atoms with van der Waals surface area (Å²) >= 11 is 0. The van der Waals surface area contributed by atoms with Gasteiger partial charge < -0.3 is 15.4 Å². The van der Waals surface area contributed by atoms with Crippen LogP contribution in [0.5, 0.6) is 0 Å². The predicted molar refractivity (Wildman–Crippen MR) is 148 cm³/mol. The van der Waals surface area contributed by atoms with E-state index in [1.54, 1.807) is 58.2 Å². The van der Waals surface area contributed by atoms with E-state index < -0.39 is 34.4 Å². The Balaban J connectivity index is 1.82. The first-order valence-electron chi connectivity index (χ1n) is 12.0. The number of ether oxygens (including phenoxy) is 1. The molecule has 0 aliphatic rings. The van der Waals surface area contributed by atoms with Crippen molar-refractivity contribution in [2.24, 2.45) is 0 Å². The summed E-state index contributed by atoms with van der Waals surface area (Å²) in [6.07, 6.45) is 1.05. The van der Waals surface area contributed by atoms with E-state index in [9.17, 15) is 22.8 Å². The second kappa shape index (κ2) is 12.4. The molecule has 0 radical (unpaired) electrons. The number of thiol groups is 1. The highest BCUT2D eigenvalue weighted by molar-refractivity contribution is 7.74. The van der Waals surface area contributed by atoms with Crippen LogP contribution in [-0.2, 0) is 22.2 Å². The Labute approximate surface area is 228 Å². The van der Waals surface area contributed by atoms with E-state index in [2.05, 4.69) is 21.0 Å². The number of aryl methyl sites for hydroxylation is 1. The smallest absolute Gasteiger partial charge is 0.407 e. The predicted octanol–water partition coefficient (Wildman–Crippen LogP) is 3.12. The number of alkyl carbamates (subject to hydrolysis) is 1. The van der Waals surface area contributed by atoms with E-state index in [0.29, 0.717) is 15.7 Å². The van der Waals surface area contributed by atoms with Crippen molar-refractivity contribution in [2.45, 2.75) is 39.8 Å². The number of nitrogens with zero attached hydrogens (tertiary/aromatic N) is 2. The summed E-state index contributed by atoms with van der Waals surface area (Å²) in [6, 6.07) is 14.4. The zero-order chi connectivity index (χ0) is 28.7. The summed E-state index contributed by atoms with van der Waals surface area (Å²) in [7, 11) is -1.81. The van der Waals surface area contributed by atoms with E-state index in [1.165, 1.54) is 31.3 Å². The van der Waals surface area contributed by atoms with Crippen LogP contribution in [-0.4, -0.2) is 44.0 Å². The van der Waals surface area contributed by atoms with Gasteiger partial charge in [0.05, 0.1) is 11.4 Å². The fourth-order valence-electron chi connectivity index (χ4n) is 3.58. The maximum absolute atomic E-state index is 13.1. The topological polar surface area (TPSA) is 147 Å². The molecule has 1 heterocycles. The minimum absolute atomic E-state index is 0.0975. The van der Waals surface area contributed by atoms with Gasteiger partial charge >= 0.3 is 6.09 Å². The number of anilines is 1. The first kappa shape index (κ1) is 29.1. The second-order valence-corrected chi connectivity index (χ2v) is 10.5. The first-order valence-corrected chi connectivity index (χ1v) is 13.1. The van der Waals surface area contributed by atoms with E-state index in [1.807, 2.05) is 6.07 Å². The average molecular weight is 554 g/mol. The average Bonchev–Trinajstić information content (AvgIpc) is 2.88. The highest BCUT2D eigenvalue weighted by Crippen LogP contribution is 2.22. The maximum Gasteiger partial charge on any atom is 0.407 e. The molecular weight excluding hydrogens is 522 g/mol. The summed E-state index contributed by atoms with van der Waals surface area (Å²) in [4.78, 5) is 41.5. The third kappa shape index (κ3) is 8.27. The normalized spacial score (nSPS) is 11.0. The van der Waals surface area contributed by atoms with E-state index in [0.717, 1.165) is 11.1 Å². The van der Waals surface area contributed by atoms with Gasteiger partial charge in [0.2, 0.25) is 10.9 Å². The van der Waals surface area contributed by atoms with Gasteiger partial charge in [0.1, 0.15) is 5.60 Å². The largest absolute Gasteiger partial charge is 0.444 e. The van der Waals surface area contributed by atoms with Crippen molar-refractivity contribution < 1.29 is 27.5 Å².